The van der Waals surface area contributed by atoms with E-state index >= 15 is 0 Å². The number of rotatable bonds is 8. The Morgan fingerprint density at radius 1 is 1.11 bits per heavy atom. The Balaban J connectivity index is 1.87. The van der Waals surface area contributed by atoms with E-state index in [4.69, 9.17) is 9.15 Å². The average Bonchev–Trinajstić information content (AvgIpc) is 3.19. The molecule has 0 unspecified atom stereocenters. The molecule has 1 aromatic carbocycles. The summed E-state index contributed by atoms with van der Waals surface area (Å²) in [5, 5.41) is 2.58. The molecule has 1 N–H and O–H groups in total. The van der Waals surface area contributed by atoms with Crippen LogP contribution >= 0.6 is 0 Å². The van der Waals surface area contributed by atoms with Crippen LogP contribution < -0.4 is 5.32 Å². The SMILES string of the molecule is CC(C)[C@H](NC(=O)c1ccco1)C(=O)OCC(=O)N(C)Cc1ccccc1. The summed E-state index contributed by atoms with van der Waals surface area (Å²) in [6.07, 6.45) is 1.37. The number of hydrogen-bond acceptors (Lipinski definition) is 5. The maximum Gasteiger partial charge on any atom is 0.329 e. The molecule has 1 aromatic heterocycles. The predicted molar refractivity (Wildman–Crippen MR) is 98.7 cm³/mol. The predicted octanol–water partition coefficient (Wildman–Crippen LogP) is 2.24. The van der Waals surface area contributed by atoms with E-state index in [9.17, 15) is 14.4 Å². The van der Waals surface area contributed by atoms with Crippen LogP contribution in [0.25, 0.3) is 0 Å². The van der Waals surface area contributed by atoms with E-state index in [0.717, 1.165) is 5.56 Å². The van der Waals surface area contributed by atoms with E-state index in [1.165, 1.54) is 17.2 Å². The van der Waals surface area contributed by atoms with Gasteiger partial charge in [0, 0.05) is 13.6 Å². The third-order valence-corrected chi connectivity index (χ3v) is 3.98. The van der Waals surface area contributed by atoms with E-state index in [0.29, 0.717) is 6.54 Å². The van der Waals surface area contributed by atoms with Crippen molar-refractivity contribution < 1.29 is 23.5 Å². The number of furan rings is 1. The van der Waals surface area contributed by atoms with Gasteiger partial charge in [0.15, 0.2) is 12.4 Å². The van der Waals surface area contributed by atoms with E-state index < -0.39 is 17.9 Å². The number of carbonyl (C=O) groups excluding carboxylic acids is 3. The molecule has 7 heteroatoms. The topological polar surface area (TPSA) is 88.9 Å². The van der Waals surface area contributed by atoms with Gasteiger partial charge in [-0.25, -0.2) is 4.79 Å². The Kier molecular flexibility index (Phi) is 7.16. The Hall–Kier alpha value is -3.09. The minimum atomic E-state index is -0.880. The van der Waals surface area contributed by atoms with Crippen molar-refractivity contribution in [3.05, 3.63) is 60.1 Å². The van der Waals surface area contributed by atoms with Crippen molar-refractivity contribution in [3.8, 4) is 0 Å². The zero-order chi connectivity index (χ0) is 19.8. The second-order valence-corrected chi connectivity index (χ2v) is 6.52. The number of nitrogens with zero attached hydrogens (tertiary/aromatic N) is 1. The lowest BCUT2D eigenvalue weighted by atomic mass is 10.0. The molecule has 2 amide bonds. The Labute approximate surface area is 158 Å². The first-order chi connectivity index (χ1) is 12.9. The van der Waals surface area contributed by atoms with Crippen molar-refractivity contribution in [1.29, 1.82) is 0 Å². The third kappa shape index (κ3) is 5.99. The van der Waals surface area contributed by atoms with Gasteiger partial charge >= 0.3 is 5.97 Å². The normalized spacial score (nSPS) is 11.7. The van der Waals surface area contributed by atoms with Crippen molar-refractivity contribution in [2.75, 3.05) is 13.7 Å². The Bertz CT molecular complexity index is 756. The third-order valence-electron chi connectivity index (χ3n) is 3.98. The minimum Gasteiger partial charge on any atom is -0.459 e. The fourth-order valence-corrected chi connectivity index (χ4v) is 2.40. The summed E-state index contributed by atoms with van der Waals surface area (Å²) >= 11 is 0. The lowest BCUT2D eigenvalue weighted by molar-refractivity contribution is -0.154. The Morgan fingerprint density at radius 3 is 2.41 bits per heavy atom. The zero-order valence-corrected chi connectivity index (χ0v) is 15.7. The van der Waals surface area contributed by atoms with Crippen LogP contribution in [0.15, 0.2) is 53.1 Å². The van der Waals surface area contributed by atoms with Crippen molar-refractivity contribution >= 4 is 17.8 Å². The highest BCUT2D eigenvalue weighted by atomic mass is 16.5. The lowest BCUT2D eigenvalue weighted by Crippen LogP contribution is -2.46. The first-order valence-corrected chi connectivity index (χ1v) is 8.67. The maximum absolute atomic E-state index is 12.3. The molecule has 1 heterocycles. The molecule has 7 nitrogen and oxygen atoms in total. The average molecular weight is 372 g/mol. The highest BCUT2D eigenvalue weighted by Crippen LogP contribution is 2.08. The maximum atomic E-state index is 12.3. The van der Waals surface area contributed by atoms with Gasteiger partial charge in [-0.1, -0.05) is 44.2 Å². The van der Waals surface area contributed by atoms with Crippen LogP contribution in [0.4, 0.5) is 0 Å². The number of amides is 2. The molecule has 0 aliphatic heterocycles. The van der Waals surface area contributed by atoms with Crippen LogP contribution in [0.3, 0.4) is 0 Å². The number of esters is 1. The fourth-order valence-electron chi connectivity index (χ4n) is 2.40. The summed E-state index contributed by atoms with van der Waals surface area (Å²) in [4.78, 5) is 38.1. The van der Waals surface area contributed by atoms with Gasteiger partial charge in [0.25, 0.3) is 11.8 Å². The molecule has 0 saturated carbocycles. The molecule has 144 valence electrons. The van der Waals surface area contributed by atoms with Crippen LogP contribution in [0, 0.1) is 5.92 Å². The van der Waals surface area contributed by atoms with Gasteiger partial charge in [-0.05, 0) is 23.6 Å². The molecule has 1 atom stereocenters. The number of nitrogens with one attached hydrogen (secondary N) is 1. The van der Waals surface area contributed by atoms with Crippen LogP contribution in [-0.2, 0) is 20.9 Å². The summed E-state index contributed by atoms with van der Waals surface area (Å²) in [5.74, 6) is -1.61. The molecule has 0 fully saturated rings. The first-order valence-electron chi connectivity index (χ1n) is 8.67. The largest absolute Gasteiger partial charge is 0.459 e. The number of likely N-dealkylation sites (N-methyl/N-ethyl adjacent to an activating group) is 1. The highest BCUT2D eigenvalue weighted by Gasteiger charge is 2.27. The number of carbonyl (C=O) groups is 3. The monoisotopic (exact) mass is 372 g/mol. The molecule has 27 heavy (non-hydrogen) atoms. The molecule has 0 aliphatic carbocycles. The first kappa shape index (κ1) is 20.2. The van der Waals surface area contributed by atoms with Crippen LogP contribution in [0.1, 0.15) is 30.0 Å². The smallest absolute Gasteiger partial charge is 0.329 e. The van der Waals surface area contributed by atoms with Gasteiger partial charge in [-0.2, -0.15) is 0 Å². The summed E-state index contributed by atoms with van der Waals surface area (Å²) < 4.78 is 10.1. The molecule has 2 aromatic rings. The van der Waals surface area contributed by atoms with Gasteiger partial charge in [0.1, 0.15) is 6.04 Å². The quantitative estimate of drug-likeness (QED) is 0.718. The summed E-state index contributed by atoms with van der Waals surface area (Å²) in [5.41, 5.74) is 0.977. The summed E-state index contributed by atoms with van der Waals surface area (Å²) in [7, 11) is 1.64. The van der Waals surface area contributed by atoms with E-state index in [2.05, 4.69) is 5.32 Å². The molecule has 0 bridgehead atoms. The van der Waals surface area contributed by atoms with Crippen LogP contribution in [-0.4, -0.2) is 42.4 Å². The standard InChI is InChI=1S/C20H24N2O5/c1-14(2)18(21-19(24)16-10-7-11-26-16)20(25)27-13-17(23)22(3)12-15-8-5-4-6-9-15/h4-11,14,18H,12-13H2,1-3H3,(H,21,24)/t18-/m0/s1. The molecule has 0 saturated heterocycles. The molecular formula is C20H24N2O5. The highest BCUT2D eigenvalue weighted by molar-refractivity contribution is 5.94. The molecule has 2 rings (SSSR count). The van der Waals surface area contributed by atoms with E-state index in [1.807, 2.05) is 30.3 Å². The lowest BCUT2D eigenvalue weighted by Gasteiger charge is -2.21. The number of ether oxygens (including phenoxy) is 1. The zero-order valence-electron chi connectivity index (χ0n) is 15.7. The van der Waals surface area contributed by atoms with Crippen LogP contribution in [0.5, 0.6) is 0 Å². The summed E-state index contributed by atoms with van der Waals surface area (Å²) in [6.45, 7) is 3.58. The number of benzene rings is 1. The second-order valence-electron chi connectivity index (χ2n) is 6.52. The molecule has 0 spiro atoms. The fraction of sp³-hybridized carbons (Fsp3) is 0.350. The minimum absolute atomic E-state index is 0.104. The molecular weight excluding hydrogens is 348 g/mol. The Morgan fingerprint density at radius 2 is 1.81 bits per heavy atom. The molecule has 0 aliphatic rings. The second kappa shape index (κ2) is 9.56. The van der Waals surface area contributed by atoms with E-state index in [1.54, 1.807) is 27.0 Å². The van der Waals surface area contributed by atoms with Gasteiger partial charge < -0.3 is 19.4 Å². The van der Waals surface area contributed by atoms with Crippen molar-refractivity contribution in [2.45, 2.75) is 26.4 Å². The van der Waals surface area contributed by atoms with Crippen molar-refractivity contribution in [1.82, 2.24) is 10.2 Å². The molecule has 0 radical (unpaired) electrons. The summed E-state index contributed by atoms with van der Waals surface area (Å²) in [6, 6.07) is 11.7. The number of hydrogen-bond donors (Lipinski definition) is 1. The van der Waals surface area contributed by atoms with E-state index in [-0.39, 0.29) is 24.2 Å². The van der Waals surface area contributed by atoms with Gasteiger partial charge in [-0.3, -0.25) is 9.59 Å². The van der Waals surface area contributed by atoms with Crippen molar-refractivity contribution in [3.63, 3.8) is 0 Å². The van der Waals surface area contributed by atoms with Gasteiger partial charge in [0.2, 0.25) is 0 Å². The van der Waals surface area contributed by atoms with Crippen LogP contribution in [0.2, 0.25) is 0 Å². The van der Waals surface area contributed by atoms with Crippen molar-refractivity contribution in [2.24, 2.45) is 5.92 Å². The van der Waals surface area contributed by atoms with Gasteiger partial charge in [-0.15, -0.1) is 0 Å². The van der Waals surface area contributed by atoms with Gasteiger partial charge in [0.05, 0.1) is 6.26 Å².